The molecule has 0 bridgehead atoms. The molecule has 0 N–H and O–H groups in total. The third-order valence-electron chi connectivity index (χ3n) is 12.9. The van der Waals surface area contributed by atoms with Gasteiger partial charge in [-0.05, 0) is 104 Å². The molecule has 62 heavy (non-hydrogen) atoms. The fraction of sp³-hybridized carbons (Fsp3) is 0.0508. The molecule has 8 aromatic carbocycles. The number of fused-ring (bicyclic) bond motifs is 9. The van der Waals surface area contributed by atoms with Crippen molar-refractivity contribution in [3.05, 3.63) is 252 Å². The molecule has 1 aliphatic heterocycles. The monoisotopic (exact) mass is 808 g/mol. The molecular weight excluding hydrogens is 769 g/mol. The lowest BCUT2D eigenvalue weighted by molar-refractivity contribution is 0.723. The number of benzene rings is 8. The molecule has 1 aromatic heterocycles. The smallest absolute Gasteiger partial charge is 0.160 e. The van der Waals surface area contributed by atoms with E-state index in [0.29, 0.717) is 0 Å². The molecule has 2 aliphatic carbocycles. The Labute approximate surface area is 367 Å². The molecule has 2 heterocycles. The molecule has 0 amide bonds. The summed E-state index contributed by atoms with van der Waals surface area (Å²) in [5.41, 5.74) is 18.8. The Balaban J connectivity index is 0.980. The minimum absolute atomic E-state index is 0.199. The molecule has 1 atom stereocenters. The third kappa shape index (κ3) is 5.95. The Morgan fingerprint density at radius 1 is 0.403 bits per heavy atom. The number of aromatic nitrogens is 2. The molecular formula is C59H40N2S. The van der Waals surface area contributed by atoms with Crippen molar-refractivity contribution >= 4 is 11.8 Å². The number of rotatable bonds is 6. The van der Waals surface area contributed by atoms with Crippen molar-refractivity contribution in [3.63, 3.8) is 0 Å². The van der Waals surface area contributed by atoms with Gasteiger partial charge in [-0.1, -0.05) is 206 Å². The van der Waals surface area contributed by atoms with Crippen LogP contribution in [0.3, 0.4) is 0 Å². The molecule has 3 heteroatoms. The largest absolute Gasteiger partial charge is 0.232 e. The van der Waals surface area contributed by atoms with Crippen molar-refractivity contribution in [2.24, 2.45) is 0 Å². The molecule has 9 aromatic rings. The zero-order valence-electron chi connectivity index (χ0n) is 33.9. The zero-order chi connectivity index (χ0) is 41.0. The first-order valence-corrected chi connectivity index (χ1v) is 22.2. The van der Waals surface area contributed by atoms with Gasteiger partial charge in [0.1, 0.15) is 0 Å². The Kier molecular flexibility index (Phi) is 8.83. The van der Waals surface area contributed by atoms with Gasteiger partial charge in [0.2, 0.25) is 0 Å². The van der Waals surface area contributed by atoms with Crippen molar-refractivity contribution < 1.29 is 0 Å². The summed E-state index contributed by atoms with van der Waals surface area (Å²) < 4.78 is 0. The van der Waals surface area contributed by atoms with E-state index in [2.05, 4.69) is 218 Å². The number of nitrogens with zero attached hydrogens (tertiary/aromatic N) is 2. The first kappa shape index (κ1) is 36.5. The average Bonchev–Trinajstić information content (AvgIpc) is 3.65. The zero-order valence-corrected chi connectivity index (χ0v) is 34.8. The van der Waals surface area contributed by atoms with Crippen LogP contribution in [0.15, 0.2) is 234 Å². The molecule has 1 unspecified atom stereocenters. The summed E-state index contributed by atoms with van der Waals surface area (Å²) in [6.45, 7) is 0. The number of hydrogen-bond donors (Lipinski definition) is 0. The van der Waals surface area contributed by atoms with Gasteiger partial charge >= 0.3 is 0 Å². The maximum Gasteiger partial charge on any atom is 0.160 e. The van der Waals surface area contributed by atoms with Crippen molar-refractivity contribution in [2.45, 2.75) is 27.5 Å². The molecule has 0 radical (unpaired) electrons. The van der Waals surface area contributed by atoms with Gasteiger partial charge in [0.15, 0.2) is 5.82 Å². The van der Waals surface area contributed by atoms with Gasteiger partial charge in [-0.2, -0.15) is 0 Å². The Hall–Kier alpha value is -7.33. The molecule has 292 valence electrons. The van der Waals surface area contributed by atoms with Crippen LogP contribution in [0.2, 0.25) is 0 Å². The van der Waals surface area contributed by atoms with Crippen LogP contribution in [0.25, 0.3) is 67.2 Å². The minimum atomic E-state index is -0.406. The van der Waals surface area contributed by atoms with Gasteiger partial charge in [-0.25, -0.2) is 9.97 Å². The summed E-state index contributed by atoms with van der Waals surface area (Å²) >= 11 is 1.89. The van der Waals surface area contributed by atoms with E-state index in [4.69, 9.17) is 9.97 Å². The number of allylic oxidation sites excluding steroid dienone is 4. The van der Waals surface area contributed by atoms with Crippen LogP contribution < -0.4 is 0 Å². The summed E-state index contributed by atoms with van der Waals surface area (Å²) in [6, 6.07) is 73.4. The van der Waals surface area contributed by atoms with Crippen molar-refractivity contribution in [1.82, 2.24) is 9.97 Å². The van der Waals surface area contributed by atoms with Crippen LogP contribution in [-0.4, -0.2) is 9.97 Å². The highest BCUT2D eigenvalue weighted by Crippen LogP contribution is 2.62. The lowest BCUT2D eigenvalue weighted by Crippen LogP contribution is -2.32. The lowest BCUT2D eigenvalue weighted by atomic mass is 9.67. The maximum atomic E-state index is 5.21. The van der Waals surface area contributed by atoms with Crippen LogP contribution >= 0.6 is 11.8 Å². The summed E-state index contributed by atoms with van der Waals surface area (Å²) in [7, 11) is 0. The first-order chi connectivity index (χ1) is 30.7. The SMILES string of the molecule is C1=CCC(c2cc(-c3ccc(-c4ccccc4)c(-c4ccc(-c5ccc6c(c5)C5(c7ccccc7S6)c6ccccc6-c6ccccc65)cc4)c3)nc(-c3ccccc3)n2)C=C1. The normalized spacial score (nSPS) is 15.1. The van der Waals surface area contributed by atoms with Crippen molar-refractivity contribution in [1.29, 1.82) is 0 Å². The molecule has 2 nitrogen and oxygen atoms in total. The summed E-state index contributed by atoms with van der Waals surface area (Å²) in [6.07, 6.45) is 9.63. The van der Waals surface area contributed by atoms with Gasteiger partial charge in [0.25, 0.3) is 0 Å². The predicted molar refractivity (Wildman–Crippen MR) is 256 cm³/mol. The van der Waals surface area contributed by atoms with E-state index in [9.17, 15) is 0 Å². The van der Waals surface area contributed by atoms with E-state index in [-0.39, 0.29) is 5.92 Å². The topological polar surface area (TPSA) is 25.8 Å². The second-order valence-electron chi connectivity index (χ2n) is 16.4. The molecule has 0 fully saturated rings. The van der Waals surface area contributed by atoms with E-state index in [1.54, 1.807) is 0 Å². The van der Waals surface area contributed by atoms with Gasteiger partial charge < -0.3 is 0 Å². The van der Waals surface area contributed by atoms with Gasteiger partial charge in [-0.15, -0.1) is 0 Å². The Morgan fingerprint density at radius 3 is 1.73 bits per heavy atom. The van der Waals surface area contributed by atoms with E-state index in [0.717, 1.165) is 40.3 Å². The molecule has 3 aliphatic rings. The fourth-order valence-electron chi connectivity index (χ4n) is 10.0. The van der Waals surface area contributed by atoms with E-state index < -0.39 is 5.41 Å². The first-order valence-electron chi connectivity index (χ1n) is 21.4. The Morgan fingerprint density at radius 2 is 1.00 bits per heavy atom. The van der Waals surface area contributed by atoms with Crippen LogP contribution in [-0.2, 0) is 5.41 Å². The second-order valence-corrected chi connectivity index (χ2v) is 17.5. The van der Waals surface area contributed by atoms with Gasteiger partial charge in [-0.3, -0.25) is 0 Å². The van der Waals surface area contributed by atoms with Crippen LogP contribution in [0.1, 0.15) is 40.3 Å². The highest BCUT2D eigenvalue weighted by atomic mass is 32.2. The van der Waals surface area contributed by atoms with Gasteiger partial charge in [0.05, 0.1) is 16.8 Å². The summed E-state index contributed by atoms with van der Waals surface area (Å²) in [5.74, 6) is 0.946. The Bertz CT molecular complexity index is 3190. The maximum absolute atomic E-state index is 5.21. The highest BCUT2D eigenvalue weighted by Gasteiger charge is 2.50. The highest BCUT2D eigenvalue weighted by molar-refractivity contribution is 7.99. The second kappa shape index (κ2) is 15.0. The van der Waals surface area contributed by atoms with Gasteiger partial charge in [0, 0.05) is 26.8 Å². The van der Waals surface area contributed by atoms with Crippen molar-refractivity contribution in [2.75, 3.05) is 0 Å². The molecule has 0 saturated heterocycles. The summed E-state index contributed by atoms with van der Waals surface area (Å²) in [5, 5.41) is 0. The third-order valence-corrected chi connectivity index (χ3v) is 14.1. The summed E-state index contributed by atoms with van der Waals surface area (Å²) in [4.78, 5) is 13.0. The van der Waals surface area contributed by atoms with Crippen LogP contribution in [0, 0.1) is 0 Å². The molecule has 1 spiro atoms. The average molecular weight is 809 g/mol. The van der Waals surface area contributed by atoms with Crippen LogP contribution in [0.4, 0.5) is 0 Å². The van der Waals surface area contributed by atoms with Crippen LogP contribution in [0.5, 0.6) is 0 Å². The lowest BCUT2D eigenvalue weighted by Gasteiger charge is -2.40. The standard InChI is InChI=1S/C59H40N2S/c1-4-16-40(17-5-1)46-34-32-45(55-38-54(42-18-6-2-7-19-42)60-58(61-55)43-20-8-3-9-21-43)36-49(46)41-30-28-39(29-31-41)44-33-35-57-53(37-44)59(52-26-14-15-27-56(52)62-57)50-24-12-10-22-47(50)48-23-11-13-25-51(48)59/h1-18,20-38,42H,19H2. The predicted octanol–water partition coefficient (Wildman–Crippen LogP) is 15.2. The fourth-order valence-corrected chi connectivity index (χ4v) is 11.2. The number of hydrogen-bond acceptors (Lipinski definition) is 3. The molecule has 0 saturated carbocycles. The quantitative estimate of drug-likeness (QED) is 0.167. The van der Waals surface area contributed by atoms with E-state index in [1.165, 1.54) is 71.0 Å². The van der Waals surface area contributed by atoms with Crippen molar-refractivity contribution in [3.8, 4) is 67.2 Å². The minimum Gasteiger partial charge on any atom is -0.232 e. The van der Waals surface area contributed by atoms with E-state index >= 15 is 0 Å². The van der Waals surface area contributed by atoms with E-state index in [1.807, 2.05) is 17.8 Å². The molecule has 12 rings (SSSR count).